The Morgan fingerprint density at radius 2 is 0.982 bits per heavy atom. The second kappa shape index (κ2) is 64.3. The number of ether oxygens (including phenoxy) is 2. The number of nitrogens with one attached hydrogen (secondary N) is 2. The van der Waals surface area contributed by atoms with E-state index in [-0.39, 0.29) is 52.3 Å². The summed E-state index contributed by atoms with van der Waals surface area (Å²) in [7, 11) is 3.91. The molecule has 9 N–H and O–H groups in total. The van der Waals surface area contributed by atoms with Gasteiger partial charge in [0.05, 0.1) is 53.5 Å². The summed E-state index contributed by atoms with van der Waals surface area (Å²) in [5.74, 6) is 1.26. The van der Waals surface area contributed by atoms with Crippen molar-refractivity contribution in [2.75, 3.05) is 82.1 Å². The number of hydrogen-bond acceptors (Lipinski definition) is 22. The zero-order valence-corrected chi connectivity index (χ0v) is 77.7. The molecule has 0 bridgehead atoms. The molecule has 3 atom stereocenters. The third-order valence-corrected chi connectivity index (χ3v) is 21.0. The number of hydrazine groups is 2. The maximum absolute atomic E-state index is 11.7. The van der Waals surface area contributed by atoms with E-state index in [4.69, 9.17) is 48.6 Å². The molecule has 0 radical (unpaired) electrons. The Morgan fingerprint density at radius 1 is 0.598 bits per heavy atom. The second-order valence-electron chi connectivity index (χ2n) is 29.4. The number of thiol groups is 5. The van der Waals surface area contributed by atoms with Crippen molar-refractivity contribution < 1.29 is 73.0 Å². The van der Waals surface area contributed by atoms with Crippen LogP contribution in [0.5, 0.6) is 0 Å². The summed E-state index contributed by atoms with van der Waals surface area (Å²) in [5.41, 5.74) is 17.5. The largest absolute Gasteiger partial charge is 0.481 e. The number of hydroxylamine groups is 2. The Morgan fingerprint density at radius 3 is 1.29 bits per heavy atom. The van der Waals surface area contributed by atoms with Gasteiger partial charge in [0, 0.05) is 61.7 Å². The minimum Gasteiger partial charge on any atom is -0.481 e. The van der Waals surface area contributed by atoms with Crippen molar-refractivity contribution in [1.29, 1.82) is 2.25 Å². The number of carbonyl (C=O) groups is 7. The second-order valence-corrected chi connectivity index (χ2v) is 35.5. The Balaban J connectivity index is -0.00000129. The summed E-state index contributed by atoms with van der Waals surface area (Å²) < 4.78 is 46.1. The summed E-state index contributed by atoms with van der Waals surface area (Å²) in [6.07, 6.45) is 4.99. The number of morpholine rings is 1. The van der Waals surface area contributed by atoms with Crippen molar-refractivity contribution >= 4 is 167 Å². The van der Waals surface area contributed by atoms with E-state index in [9.17, 15) is 33.6 Å². The number of aliphatic carboxylic acids is 3. The molecule has 1 fully saturated rings. The Bertz CT molecular complexity index is 3440. The van der Waals surface area contributed by atoms with Gasteiger partial charge in [-0.2, -0.15) is 37.7 Å². The molecule has 1 heterocycles. The fourth-order valence-electron chi connectivity index (χ4n) is 7.67. The van der Waals surface area contributed by atoms with Crippen LogP contribution in [-0.2, 0) is 91.6 Å². The summed E-state index contributed by atoms with van der Waals surface area (Å²) in [4.78, 5) is 78.0. The fourth-order valence-corrected chi connectivity index (χ4v) is 11.8. The first kappa shape index (κ1) is 103. The molecule has 5 aromatic carbocycles. The molecular weight excluding hydrogens is 1710 g/mol. The molecule has 1 aliphatic heterocycles. The van der Waals surface area contributed by atoms with Crippen LogP contribution in [0.3, 0.4) is 0 Å². The number of rotatable bonds is 37. The third-order valence-electron chi connectivity index (χ3n) is 15.7. The first-order valence-electron chi connectivity index (χ1n) is 38.8. The van der Waals surface area contributed by atoms with E-state index in [0.29, 0.717) is 32.2 Å². The van der Waals surface area contributed by atoms with Crippen LogP contribution in [0.1, 0.15) is 163 Å². The first-order chi connectivity index (χ1) is 54.8. The minimum atomic E-state index is -0.847. The van der Waals surface area contributed by atoms with Crippen LogP contribution in [0, 0.1) is 27.1 Å². The van der Waals surface area contributed by atoms with Gasteiger partial charge in [-0.25, -0.2) is 10.9 Å². The average Bonchev–Trinajstić information content (AvgIpc) is 0.888. The molecule has 634 valence electrons. The van der Waals surface area contributed by atoms with Gasteiger partial charge in [0.25, 0.3) is 0 Å². The van der Waals surface area contributed by atoms with E-state index in [1.807, 2.05) is 114 Å². The first-order valence-corrected chi connectivity index (χ1v) is 44.3. The monoisotopic (exact) mass is 1850 g/mol. The minimum absolute atomic E-state index is 0.0286. The van der Waals surface area contributed by atoms with Crippen LogP contribution in [0.15, 0.2) is 133 Å². The smallest absolute Gasteiger partial charge is 0.311 e. The average molecular weight is 1850 g/mol. The quantitative estimate of drug-likeness (QED) is 0.00334. The number of hydrogen-bond donors (Lipinski definition) is 13. The Labute approximate surface area is 733 Å². The zero-order valence-electron chi connectivity index (χ0n) is 72.8. The van der Waals surface area contributed by atoms with E-state index in [1.54, 1.807) is 90.0 Å². The number of benzene rings is 5. The van der Waals surface area contributed by atoms with Gasteiger partial charge >= 0.3 is 23.9 Å². The number of carbonyl (C=O) groups excluding carboxylic acids is 4. The molecule has 0 aromatic heterocycles. The maximum atomic E-state index is 11.7. The Hall–Kier alpha value is -3.67. The number of alkyl halides is 2. The molecule has 112 heavy (non-hydrogen) atoms. The highest BCUT2D eigenvalue weighted by molar-refractivity contribution is 9.09. The van der Waals surface area contributed by atoms with Crippen molar-refractivity contribution in [3.63, 3.8) is 0 Å². The van der Waals surface area contributed by atoms with Crippen LogP contribution in [0.25, 0.3) is 0 Å². The predicted octanol–water partition coefficient (Wildman–Crippen LogP) is 17.5. The van der Waals surface area contributed by atoms with Gasteiger partial charge in [0.2, 0.25) is 18.3 Å². The summed E-state index contributed by atoms with van der Waals surface area (Å²) in [6.45, 7) is 32.0. The summed E-state index contributed by atoms with van der Waals surface area (Å²) in [6, 6.07) is 43.0. The van der Waals surface area contributed by atoms with Crippen LogP contribution in [0.4, 0.5) is 0 Å². The van der Waals surface area contributed by atoms with Gasteiger partial charge in [-0.15, -0.1) is 35.6 Å². The molecule has 0 aliphatic carbocycles. The van der Waals surface area contributed by atoms with Crippen molar-refractivity contribution in [2.45, 2.75) is 177 Å². The summed E-state index contributed by atoms with van der Waals surface area (Å²) >= 11 is 26.1. The van der Waals surface area contributed by atoms with Gasteiger partial charge in [-0.1, -0.05) is 222 Å². The Kier molecular flexibility index (Phi) is 58.9. The number of halogens is 3. The number of carboxylic acids is 3. The molecular formula is C82H129Br2ClN6O14S7. The molecule has 3 unspecified atom stereocenters. The van der Waals surface area contributed by atoms with Crippen molar-refractivity contribution in [3.8, 4) is 0 Å². The number of aryl methyl sites for hydroxylation is 3. The number of esters is 1. The topological polar surface area (TPSA) is 299 Å². The lowest BCUT2D eigenvalue weighted by atomic mass is 9.91. The molecule has 1 aliphatic rings. The molecule has 1 saturated heterocycles. The lowest BCUT2D eigenvalue weighted by Gasteiger charge is -2.26. The van der Waals surface area contributed by atoms with Crippen LogP contribution < -0.4 is 16.6 Å². The fraction of sp³-hybridized carbons (Fsp3) is 0.549. The maximum Gasteiger partial charge on any atom is 0.311 e. The highest BCUT2D eigenvalue weighted by atomic mass is 79.9. The lowest BCUT2D eigenvalue weighted by molar-refractivity contribution is -0.170. The van der Waals surface area contributed by atoms with Crippen LogP contribution in [-0.4, -0.2) is 177 Å². The highest BCUT2D eigenvalue weighted by Crippen LogP contribution is 2.28. The number of nitrogens with two attached hydrogens (primary N) is 1. The molecule has 20 nitrogen and oxygen atoms in total. The van der Waals surface area contributed by atoms with Gasteiger partial charge in [0.1, 0.15) is 8.85 Å². The molecule has 6 rings (SSSR count). The number of nitrogens with zero attached hydrogens (tertiary/aromatic N) is 3. The van der Waals surface area contributed by atoms with Crippen molar-refractivity contribution in [2.24, 2.45) is 32.8 Å². The predicted molar refractivity (Wildman–Crippen MR) is 488 cm³/mol. The van der Waals surface area contributed by atoms with E-state index < -0.39 is 51.7 Å². The van der Waals surface area contributed by atoms with E-state index in [1.165, 1.54) is 56.8 Å². The van der Waals surface area contributed by atoms with Gasteiger partial charge in [-0.3, -0.25) is 48.9 Å². The van der Waals surface area contributed by atoms with Gasteiger partial charge in [-0.05, 0) is 188 Å². The third kappa shape index (κ3) is 57.4. The van der Waals surface area contributed by atoms with E-state index >= 15 is 0 Å². The SMILES string of the molecule is BrCc1ccccc1CBr.CC(C)(C)C(=O)Cl.CC(C)(C)C(=O)O.CC(C)(CN)C(=O)O.CCC(C)(C)C(=O)O.[3H]ON(CCC)NC(Cc1ccccc1)C(=O)S.[3H]ON(CCOC(=O)C(C)(C)C)NC(Cc1ccccc1)C(=O)S.[3H]SCCc1ccccc1CC([3H])S.[3H]SCCc1ccccc1CSSCCN1CCOCC1. The van der Waals surface area contributed by atoms with Gasteiger partial charge < -0.3 is 30.5 Å². The molecule has 0 amide bonds. The highest BCUT2D eigenvalue weighted by Gasteiger charge is 2.27. The zero-order chi connectivity index (χ0) is 89.8. The van der Waals surface area contributed by atoms with E-state index in [0.717, 1.165) is 109 Å². The van der Waals surface area contributed by atoms with Crippen molar-refractivity contribution in [1.82, 2.24) is 26.1 Å². The number of carboxylic acid groups (broad SMARTS) is 3. The molecule has 30 heteroatoms. The molecule has 0 saturated carbocycles. The van der Waals surface area contributed by atoms with Crippen LogP contribution in [0.2, 0.25) is 2.86 Å². The molecule has 5 aromatic rings. The molecule has 0 spiro atoms. The van der Waals surface area contributed by atoms with E-state index in [2.05, 4.69) is 151 Å². The standard InChI is InChI=1S/C16H24N2O4S.C15H23NOS3.C12H18N2O2S.C10H14S2.C8H8Br2.C6H12O2.C5H9ClO.C5H11NO2.C5H10O2/c1-16(2,3)15(20)22-10-9-18(21)17-13(14(19)23)11-12-7-5-4-6-8-12;18-11-5-14-3-1-2-4-15(14)13-20-19-12-8-16-6-9-17-10-7-16;1-2-8-14(16)13-11(12(15)17)9-10-6-4-3-5-7-10;11-7-5-9-3-1-2-4-10(9)6-8-12;9-5-7-3-1-2-4-8(7)6-10;1-4-6(2,3)5(7)8;1-5(2,3)4(6)7;1-5(2,3-6)4(7)8;1-5(2,3)4(6)7/h4-8,13,17,21H,9-11H2,1-3H3,(H,19,23);1-4,18H,5-13H2;3-7,11,13,16H,2,8-9H2,1H3,(H,15,17);1-4,11-12H,5-8H2;1-4H,5-6H2;4H2,1-3H3,(H,7,8);1-3H3;3,6H2,1-2H3,(H,7,8);1-3H3,(H,6,7)/i21T;;16T;7T;;;;;/hT2. The lowest BCUT2D eigenvalue weighted by Crippen LogP contribution is -2.48. The summed E-state index contributed by atoms with van der Waals surface area (Å²) in [5, 5.41) is 37.1. The van der Waals surface area contributed by atoms with Gasteiger partial charge in [0.15, 0.2) is 0 Å². The normalized spacial score (nSPS) is 13.4. The van der Waals surface area contributed by atoms with Crippen LogP contribution >= 0.6 is 128 Å². The van der Waals surface area contributed by atoms with Crippen molar-refractivity contribution in [3.05, 3.63) is 178 Å².